The van der Waals surface area contributed by atoms with Gasteiger partial charge in [0.2, 0.25) is 0 Å². The van der Waals surface area contributed by atoms with Crippen molar-refractivity contribution in [2.75, 3.05) is 62.7 Å². The van der Waals surface area contributed by atoms with Crippen LogP contribution in [0.25, 0.3) is 0 Å². The summed E-state index contributed by atoms with van der Waals surface area (Å²) >= 11 is 2.00. The van der Waals surface area contributed by atoms with Crippen LogP contribution >= 0.6 is 35.7 Å². The van der Waals surface area contributed by atoms with Gasteiger partial charge in [0.05, 0.1) is 0 Å². The lowest BCUT2D eigenvalue weighted by Gasteiger charge is -2.39. The Bertz CT molecular complexity index is 672. The average molecular weight is 557 g/mol. The minimum atomic E-state index is -4.18. The largest absolute Gasteiger partial charge is 0.403 e. The van der Waals surface area contributed by atoms with Crippen LogP contribution in [-0.4, -0.2) is 85.8 Å². The highest BCUT2D eigenvalue weighted by atomic mass is 127. The fourth-order valence-corrected chi connectivity index (χ4v) is 4.59. The Balaban J connectivity index is 0.00000320. The Kier molecular flexibility index (Phi) is 9.86. The van der Waals surface area contributed by atoms with Crippen LogP contribution < -0.4 is 10.2 Å². The second-order valence-electron chi connectivity index (χ2n) is 7.41. The van der Waals surface area contributed by atoms with E-state index in [1.54, 1.807) is 7.05 Å². The molecular weight excluding hydrogens is 526 g/mol. The number of alkyl halides is 3. The van der Waals surface area contributed by atoms with Gasteiger partial charge in [0.15, 0.2) is 5.96 Å². The van der Waals surface area contributed by atoms with Gasteiger partial charge in [0.1, 0.15) is 6.04 Å². The number of hydrogen-bond acceptors (Lipinski definition) is 4. The van der Waals surface area contributed by atoms with E-state index in [1.165, 1.54) is 29.0 Å². The topological polar surface area (TPSA) is 34.1 Å². The lowest BCUT2D eigenvalue weighted by molar-refractivity contribution is -0.181. The third kappa shape index (κ3) is 6.81. The van der Waals surface area contributed by atoms with E-state index in [4.69, 9.17) is 0 Å². The van der Waals surface area contributed by atoms with Crippen LogP contribution in [0.1, 0.15) is 12.5 Å². The summed E-state index contributed by atoms with van der Waals surface area (Å²) in [4.78, 5) is 10.2. The maximum Gasteiger partial charge on any atom is 0.403 e. The number of hydrogen-bond donors (Lipinski definition) is 1. The van der Waals surface area contributed by atoms with Gasteiger partial charge in [-0.05, 0) is 24.6 Å². The molecule has 2 saturated heterocycles. The second-order valence-corrected chi connectivity index (χ2v) is 8.63. The maximum atomic E-state index is 12.9. The van der Waals surface area contributed by atoms with Gasteiger partial charge in [-0.15, -0.1) is 24.0 Å². The Labute approximate surface area is 198 Å². The molecule has 2 heterocycles. The highest BCUT2D eigenvalue weighted by Gasteiger charge is 2.41. The third-order valence-electron chi connectivity index (χ3n) is 5.61. The minimum absolute atomic E-state index is 0. The molecule has 30 heavy (non-hydrogen) atoms. The first-order chi connectivity index (χ1) is 13.9. The molecule has 0 bridgehead atoms. The van der Waals surface area contributed by atoms with E-state index in [2.05, 4.69) is 39.5 Å². The number of benzene rings is 1. The van der Waals surface area contributed by atoms with Gasteiger partial charge >= 0.3 is 6.18 Å². The van der Waals surface area contributed by atoms with Crippen LogP contribution in [0.5, 0.6) is 0 Å². The average Bonchev–Trinajstić information content (AvgIpc) is 2.74. The van der Waals surface area contributed by atoms with E-state index in [9.17, 15) is 13.2 Å². The van der Waals surface area contributed by atoms with Gasteiger partial charge in [-0.25, -0.2) is 0 Å². The Morgan fingerprint density at radius 1 is 1.07 bits per heavy atom. The SMILES string of the molecule is CN=C(NCc1ccc(N2CCSCC2)cc1)N1CCN(C(C)C(F)(F)F)CC1.I. The number of nitrogens with one attached hydrogen (secondary N) is 1. The molecule has 2 fully saturated rings. The summed E-state index contributed by atoms with van der Waals surface area (Å²) in [6.07, 6.45) is -4.18. The van der Waals surface area contributed by atoms with Crippen molar-refractivity contribution in [2.24, 2.45) is 4.99 Å². The summed E-state index contributed by atoms with van der Waals surface area (Å²) in [7, 11) is 1.71. The predicted molar refractivity (Wildman–Crippen MR) is 130 cm³/mol. The van der Waals surface area contributed by atoms with Crippen LogP contribution in [0.15, 0.2) is 29.3 Å². The molecule has 1 aromatic rings. The number of piperazine rings is 1. The quantitative estimate of drug-likeness (QED) is 0.349. The lowest BCUT2D eigenvalue weighted by Crippen LogP contribution is -2.56. The molecule has 2 aliphatic rings. The van der Waals surface area contributed by atoms with E-state index < -0.39 is 12.2 Å². The van der Waals surface area contributed by atoms with Crippen molar-refractivity contribution >= 4 is 47.4 Å². The number of thioether (sulfide) groups is 1. The highest BCUT2D eigenvalue weighted by Crippen LogP contribution is 2.25. The van der Waals surface area contributed by atoms with E-state index >= 15 is 0 Å². The molecule has 0 radical (unpaired) electrons. The van der Waals surface area contributed by atoms with E-state index in [0.717, 1.165) is 24.6 Å². The summed E-state index contributed by atoms with van der Waals surface area (Å²) in [5.41, 5.74) is 2.42. The predicted octanol–water partition coefficient (Wildman–Crippen LogP) is 3.50. The van der Waals surface area contributed by atoms with Crippen molar-refractivity contribution in [3.63, 3.8) is 0 Å². The Morgan fingerprint density at radius 2 is 1.67 bits per heavy atom. The first-order valence-electron chi connectivity index (χ1n) is 10.1. The van der Waals surface area contributed by atoms with Crippen molar-refractivity contribution in [2.45, 2.75) is 25.7 Å². The number of halogens is 4. The molecule has 0 aliphatic carbocycles. The molecular formula is C20H31F3IN5S. The maximum absolute atomic E-state index is 12.9. The zero-order valence-electron chi connectivity index (χ0n) is 17.5. The lowest BCUT2D eigenvalue weighted by atomic mass is 10.2. The fourth-order valence-electron chi connectivity index (χ4n) is 3.69. The smallest absolute Gasteiger partial charge is 0.370 e. The molecule has 0 aromatic heterocycles. The van der Waals surface area contributed by atoms with Crippen LogP contribution in [-0.2, 0) is 6.54 Å². The summed E-state index contributed by atoms with van der Waals surface area (Å²) in [6.45, 7) is 5.88. The van der Waals surface area contributed by atoms with Gasteiger partial charge in [0, 0.05) is 70.1 Å². The molecule has 0 amide bonds. The van der Waals surface area contributed by atoms with Crippen LogP contribution in [0.3, 0.4) is 0 Å². The molecule has 1 N–H and O–H groups in total. The second kappa shape index (κ2) is 11.7. The molecule has 2 aliphatic heterocycles. The monoisotopic (exact) mass is 557 g/mol. The molecule has 3 rings (SSSR count). The van der Waals surface area contributed by atoms with Crippen LogP contribution in [0.2, 0.25) is 0 Å². The van der Waals surface area contributed by atoms with Crippen LogP contribution in [0, 0.1) is 0 Å². The summed E-state index contributed by atoms with van der Waals surface area (Å²) in [5, 5.41) is 3.35. The van der Waals surface area contributed by atoms with Crippen molar-refractivity contribution in [3.8, 4) is 0 Å². The zero-order valence-corrected chi connectivity index (χ0v) is 20.6. The normalized spacial score (nSPS) is 20.0. The van der Waals surface area contributed by atoms with Crippen molar-refractivity contribution < 1.29 is 13.2 Å². The standard InChI is InChI=1S/C20H30F3N5S.HI/c1-16(20(21,22)23)26-7-9-28(10-8-26)19(24-2)25-15-17-3-5-18(6-4-17)27-11-13-29-14-12-27;/h3-6,16H,7-15H2,1-2H3,(H,24,25);1H. The zero-order chi connectivity index (χ0) is 20.9. The van der Waals surface area contributed by atoms with Gasteiger partial charge in [0.25, 0.3) is 0 Å². The van der Waals surface area contributed by atoms with Crippen molar-refractivity contribution in [1.82, 2.24) is 15.1 Å². The molecule has 170 valence electrons. The molecule has 10 heteroatoms. The van der Waals surface area contributed by atoms with Gasteiger partial charge in [-0.1, -0.05) is 12.1 Å². The third-order valence-corrected chi connectivity index (χ3v) is 6.55. The summed E-state index contributed by atoms with van der Waals surface area (Å²) in [6, 6.07) is 7.16. The Morgan fingerprint density at radius 3 is 2.20 bits per heavy atom. The summed E-state index contributed by atoms with van der Waals surface area (Å²) < 4.78 is 38.7. The van der Waals surface area contributed by atoms with Gasteiger partial charge in [-0.3, -0.25) is 9.89 Å². The van der Waals surface area contributed by atoms with Crippen LogP contribution in [0.4, 0.5) is 18.9 Å². The molecule has 0 spiro atoms. The molecule has 1 atom stereocenters. The highest BCUT2D eigenvalue weighted by molar-refractivity contribution is 14.0. The number of anilines is 1. The number of guanidine groups is 1. The van der Waals surface area contributed by atoms with Crippen molar-refractivity contribution in [3.05, 3.63) is 29.8 Å². The first-order valence-corrected chi connectivity index (χ1v) is 11.2. The summed E-state index contributed by atoms with van der Waals surface area (Å²) in [5.74, 6) is 3.09. The molecule has 1 aromatic carbocycles. The van der Waals surface area contributed by atoms with Crippen molar-refractivity contribution in [1.29, 1.82) is 0 Å². The van der Waals surface area contributed by atoms with Gasteiger partial charge in [-0.2, -0.15) is 24.9 Å². The number of nitrogens with zero attached hydrogens (tertiary/aromatic N) is 4. The van der Waals surface area contributed by atoms with E-state index in [-0.39, 0.29) is 24.0 Å². The number of aliphatic imine (C=N–C) groups is 1. The first kappa shape index (κ1) is 25.4. The van der Waals surface area contributed by atoms with E-state index in [1.807, 2.05) is 16.7 Å². The van der Waals surface area contributed by atoms with E-state index in [0.29, 0.717) is 32.7 Å². The number of rotatable bonds is 4. The molecule has 1 unspecified atom stereocenters. The molecule has 5 nitrogen and oxygen atoms in total. The minimum Gasteiger partial charge on any atom is -0.370 e. The molecule has 0 saturated carbocycles. The van der Waals surface area contributed by atoms with Gasteiger partial charge < -0.3 is 15.1 Å². The Hall–Kier alpha value is -0.880. The fraction of sp³-hybridized carbons (Fsp3) is 0.650.